The van der Waals surface area contributed by atoms with Crippen LogP contribution in [-0.4, -0.2) is 49.6 Å². The lowest BCUT2D eigenvalue weighted by Crippen LogP contribution is -2.40. The predicted molar refractivity (Wildman–Crippen MR) is 88.7 cm³/mol. The molecule has 1 aliphatic heterocycles. The van der Waals surface area contributed by atoms with E-state index in [2.05, 4.69) is 4.98 Å². The molecule has 5 nitrogen and oxygen atoms in total. The van der Waals surface area contributed by atoms with Gasteiger partial charge < -0.3 is 4.90 Å². The number of piperidine rings is 1. The Morgan fingerprint density at radius 2 is 2.00 bits per heavy atom. The second-order valence-corrected chi connectivity index (χ2v) is 9.17. The number of pyridine rings is 1. The van der Waals surface area contributed by atoms with Crippen LogP contribution in [0.1, 0.15) is 25.7 Å². The number of hydrogen-bond donors (Lipinski definition) is 0. The van der Waals surface area contributed by atoms with E-state index >= 15 is 0 Å². The van der Waals surface area contributed by atoms with E-state index in [4.69, 9.17) is 11.6 Å². The summed E-state index contributed by atoms with van der Waals surface area (Å²) in [5.41, 5.74) is 0. The van der Waals surface area contributed by atoms with Crippen LogP contribution in [0.3, 0.4) is 0 Å². The number of nitrogens with zero attached hydrogens (tertiary/aromatic N) is 3. The highest BCUT2D eigenvalue weighted by molar-refractivity contribution is 7.90. The summed E-state index contributed by atoms with van der Waals surface area (Å²) in [6, 6.07) is 1.27. The average molecular weight is 362 g/mol. The molecule has 2 aliphatic rings. The van der Waals surface area contributed by atoms with Gasteiger partial charge >= 0.3 is 0 Å². The third-order valence-electron chi connectivity index (χ3n) is 4.60. The number of anilines is 1. The Morgan fingerprint density at radius 1 is 1.35 bits per heavy atom. The van der Waals surface area contributed by atoms with Crippen molar-refractivity contribution in [2.24, 2.45) is 5.92 Å². The first-order valence-electron chi connectivity index (χ1n) is 7.89. The van der Waals surface area contributed by atoms with E-state index in [1.807, 2.05) is 4.90 Å². The first-order chi connectivity index (χ1) is 10.9. The van der Waals surface area contributed by atoms with Crippen molar-refractivity contribution in [3.8, 4) is 0 Å². The number of hydrogen-bond acceptors (Lipinski definition) is 4. The monoisotopic (exact) mass is 361 g/mol. The Morgan fingerprint density at radius 3 is 2.57 bits per heavy atom. The Bertz CT molecular complexity index is 673. The number of aromatic nitrogens is 1. The lowest BCUT2D eigenvalue weighted by Gasteiger charge is -2.34. The first-order valence-corrected chi connectivity index (χ1v) is 9.77. The Labute approximate surface area is 141 Å². The molecule has 0 amide bonds. The molecule has 8 heteroatoms. The van der Waals surface area contributed by atoms with Crippen molar-refractivity contribution in [1.29, 1.82) is 0 Å². The van der Waals surface area contributed by atoms with Crippen LogP contribution in [0.25, 0.3) is 0 Å². The molecule has 0 unspecified atom stereocenters. The summed E-state index contributed by atoms with van der Waals surface area (Å²) >= 11 is 5.73. The van der Waals surface area contributed by atoms with Gasteiger partial charge in [0, 0.05) is 32.9 Å². The summed E-state index contributed by atoms with van der Waals surface area (Å²) in [4.78, 5) is 5.97. The van der Waals surface area contributed by atoms with Gasteiger partial charge in [-0.15, -0.1) is 0 Å². The molecule has 23 heavy (non-hydrogen) atoms. The molecule has 1 aromatic rings. The zero-order chi connectivity index (χ0) is 16.6. The van der Waals surface area contributed by atoms with Crippen LogP contribution in [0, 0.1) is 11.7 Å². The van der Waals surface area contributed by atoms with Gasteiger partial charge in [0.05, 0.1) is 10.3 Å². The van der Waals surface area contributed by atoms with Gasteiger partial charge in [0.1, 0.15) is 0 Å². The third-order valence-corrected chi connectivity index (χ3v) is 7.14. The second kappa shape index (κ2) is 6.53. The van der Waals surface area contributed by atoms with E-state index in [-0.39, 0.29) is 10.3 Å². The summed E-state index contributed by atoms with van der Waals surface area (Å²) < 4.78 is 39.8. The second-order valence-electron chi connectivity index (χ2n) is 6.41. The van der Waals surface area contributed by atoms with Gasteiger partial charge in [0.15, 0.2) is 11.6 Å². The summed E-state index contributed by atoms with van der Waals surface area (Å²) in [5, 5.41) is 0.119. The molecule has 0 N–H and O–H groups in total. The highest BCUT2D eigenvalue weighted by Crippen LogP contribution is 2.32. The first kappa shape index (κ1) is 16.9. The fourth-order valence-electron chi connectivity index (χ4n) is 3.06. The molecule has 2 heterocycles. The quantitative estimate of drug-likeness (QED) is 0.808. The molecule has 0 bridgehead atoms. The van der Waals surface area contributed by atoms with Crippen molar-refractivity contribution >= 4 is 27.4 Å². The van der Waals surface area contributed by atoms with Crippen molar-refractivity contribution in [2.45, 2.75) is 30.9 Å². The zero-order valence-corrected chi connectivity index (χ0v) is 14.7. The van der Waals surface area contributed by atoms with Crippen molar-refractivity contribution in [1.82, 2.24) is 9.29 Å². The maximum Gasteiger partial charge on any atom is 0.216 e. The van der Waals surface area contributed by atoms with E-state index < -0.39 is 15.8 Å². The van der Waals surface area contributed by atoms with Gasteiger partial charge in [-0.1, -0.05) is 11.6 Å². The Hall–Kier alpha value is -0.920. The Kier molecular flexibility index (Phi) is 4.80. The lowest BCUT2D eigenvalue weighted by atomic mass is 9.97. The van der Waals surface area contributed by atoms with Crippen molar-refractivity contribution in [3.05, 3.63) is 23.1 Å². The third kappa shape index (κ3) is 3.78. The minimum atomic E-state index is -3.11. The molecular weight excluding hydrogens is 341 g/mol. The SMILES string of the molecule is CN(CC1CCN(c2ncc(Cl)cc2F)CC1)S(=O)(=O)C1CC1. The van der Waals surface area contributed by atoms with E-state index in [1.54, 1.807) is 7.05 Å². The molecule has 0 aromatic carbocycles. The number of halogens is 2. The van der Waals surface area contributed by atoms with Crippen LogP contribution >= 0.6 is 11.6 Å². The van der Waals surface area contributed by atoms with E-state index in [9.17, 15) is 12.8 Å². The summed E-state index contributed by atoms with van der Waals surface area (Å²) in [7, 11) is -1.44. The molecule has 128 valence electrons. The van der Waals surface area contributed by atoms with Crippen LogP contribution in [0.5, 0.6) is 0 Å². The average Bonchev–Trinajstić information content (AvgIpc) is 3.33. The summed E-state index contributed by atoms with van der Waals surface area (Å²) in [5.74, 6) is 0.219. The van der Waals surface area contributed by atoms with Gasteiger partial charge in [-0.25, -0.2) is 22.1 Å². The topological polar surface area (TPSA) is 53.5 Å². The van der Waals surface area contributed by atoms with Gasteiger partial charge in [0.2, 0.25) is 10.0 Å². The Balaban J connectivity index is 1.56. The van der Waals surface area contributed by atoms with E-state index in [1.165, 1.54) is 16.6 Å². The van der Waals surface area contributed by atoms with Crippen LogP contribution in [0.4, 0.5) is 10.2 Å². The van der Waals surface area contributed by atoms with E-state index in [0.29, 0.717) is 31.4 Å². The number of rotatable bonds is 5. The molecule has 0 radical (unpaired) electrons. The molecule has 0 spiro atoms. The fraction of sp³-hybridized carbons (Fsp3) is 0.667. The maximum absolute atomic E-state index is 13.9. The highest BCUT2D eigenvalue weighted by Gasteiger charge is 2.39. The highest BCUT2D eigenvalue weighted by atomic mass is 35.5. The smallest absolute Gasteiger partial charge is 0.216 e. The van der Waals surface area contributed by atoms with Crippen molar-refractivity contribution in [2.75, 3.05) is 31.6 Å². The normalized spacial score (nSPS) is 20.3. The predicted octanol–water partition coefficient (Wildman–Crippen LogP) is 2.51. The van der Waals surface area contributed by atoms with Crippen LogP contribution in [0.2, 0.25) is 5.02 Å². The maximum atomic E-state index is 13.9. The van der Waals surface area contributed by atoms with Crippen LogP contribution in [0.15, 0.2) is 12.3 Å². The van der Waals surface area contributed by atoms with Gasteiger partial charge in [-0.05, 0) is 37.7 Å². The summed E-state index contributed by atoms with van der Waals surface area (Å²) in [6.45, 7) is 1.89. The van der Waals surface area contributed by atoms with Gasteiger partial charge in [-0.3, -0.25) is 0 Å². The van der Waals surface area contributed by atoms with Gasteiger partial charge in [-0.2, -0.15) is 0 Å². The van der Waals surface area contributed by atoms with Crippen LogP contribution < -0.4 is 4.90 Å². The molecule has 1 aromatic heterocycles. The van der Waals surface area contributed by atoms with E-state index in [0.717, 1.165) is 25.7 Å². The van der Waals surface area contributed by atoms with Crippen LogP contribution in [-0.2, 0) is 10.0 Å². The largest absolute Gasteiger partial charge is 0.354 e. The van der Waals surface area contributed by atoms with Crippen molar-refractivity contribution in [3.63, 3.8) is 0 Å². The summed E-state index contributed by atoms with van der Waals surface area (Å²) in [6.07, 6.45) is 4.67. The molecular formula is C15H21ClFN3O2S. The molecule has 1 saturated heterocycles. The molecule has 3 rings (SSSR count). The minimum Gasteiger partial charge on any atom is -0.354 e. The standard InChI is InChI=1S/C15H21ClFN3O2S/c1-19(23(21,22)13-2-3-13)10-11-4-6-20(7-5-11)15-14(17)8-12(16)9-18-15/h8-9,11,13H,2-7,10H2,1H3. The molecule has 1 aliphatic carbocycles. The number of sulfonamides is 1. The molecule has 0 atom stereocenters. The van der Waals surface area contributed by atoms with Crippen molar-refractivity contribution < 1.29 is 12.8 Å². The molecule has 2 fully saturated rings. The molecule has 1 saturated carbocycles. The fourth-order valence-corrected chi connectivity index (χ4v) is 4.86. The zero-order valence-electron chi connectivity index (χ0n) is 13.1. The van der Waals surface area contributed by atoms with Gasteiger partial charge in [0.25, 0.3) is 0 Å². The minimum absolute atomic E-state index is 0.167. The lowest BCUT2D eigenvalue weighted by molar-refractivity contribution is 0.326.